The third-order valence-electron chi connectivity index (χ3n) is 5.22. The van der Waals surface area contributed by atoms with Crippen LogP contribution in [0.2, 0.25) is 0 Å². The Bertz CT molecular complexity index is 777. The molecule has 2 aromatic rings. The van der Waals surface area contributed by atoms with Gasteiger partial charge in [-0.2, -0.15) is 5.10 Å². The van der Waals surface area contributed by atoms with Crippen LogP contribution in [0.4, 0.5) is 10.5 Å². The summed E-state index contributed by atoms with van der Waals surface area (Å²) >= 11 is 0. The summed E-state index contributed by atoms with van der Waals surface area (Å²) in [6, 6.07) is 8.51. The van der Waals surface area contributed by atoms with Crippen molar-refractivity contribution >= 4 is 11.7 Å². The smallest absolute Gasteiger partial charge is 0.319 e. The van der Waals surface area contributed by atoms with E-state index in [0.29, 0.717) is 5.69 Å². The van der Waals surface area contributed by atoms with Gasteiger partial charge in [-0.3, -0.25) is 9.58 Å². The molecule has 0 spiro atoms. The third-order valence-corrected chi connectivity index (χ3v) is 5.22. The van der Waals surface area contributed by atoms with Gasteiger partial charge < -0.3 is 10.6 Å². The Labute approximate surface area is 161 Å². The van der Waals surface area contributed by atoms with E-state index in [-0.39, 0.29) is 17.5 Å². The van der Waals surface area contributed by atoms with Crippen LogP contribution in [0.1, 0.15) is 38.8 Å². The molecular weight excluding hydrogens is 338 g/mol. The maximum absolute atomic E-state index is 12.5. The van der Waals surface area contributed by atoms with Gasteiger partial charge in [0.2, 0.25) is 0 Å². The minimum absolute atomic E-state index is 0.0398. The van der Waals surface area contributed by atoms with E-state index in [2.05, 4.69) is 65.7 Å². The van der Waals surface area contributed by atoms with E-state index in [1.54, 1.807) is 10.9 Å². The van der Waals surface area contributed by atoms with Gasteiger partial charge in [0, 0.05) is 38.4 Å². The summed E-state index contributed by atoms with van der Waals surface area (Å²) in [5, 5.41) is 10.3. The Morgan fingerprint density at radius 3 is 2.67 bits per heavy atom. The zero-order valence-electron chi connectivity index (χ0n) is 16.8. The number of benzene rings is 1. The van der Waals surface area contributed by atoms with Crippen LogP contribution in [0.5, 0.6) is 0 Å². The maximum Gasteiger partial charge on any atom is 0.319 e. The van der Waals surface area contributed by atoms with E-state index in [1.807, 2.05) is 13.1 Å². The van der Waals surface area contributed by atoms with Crippen molar-refractivity contribution in [3.63, 3.8) is 0 Å². The summed E-state index contributed by atoms with van der Waals surface area (Å²) in [6.45, 7) is 12.1. The number of nitrogens with zero attached hydrogens (tertiary/aromatic N) is 3. The summed E-state index contributed by atoms with van der Waals surface area (Å²) in [7, 11) is 0. The van der Waals surface area contributed by atoms with E-state index in [0.717, 1.165) is 32.6 Å². The zero-order chi connectivity index (χ0) is 19.4. The predicted octanol–water partition coefficient (Wildman–Crippen LogP) is 3.50. The number of fused-ring (bicyclic) bond motifs is 1. The molecule has 6 heteroatoms. The van der Waals surface area contributed by atoms with Crippen LogP contribution in [-0.4, -0.2) is 39.8 Å². The minimum atomic E-state index is -0.178. The number of aromatic nitrogens is 2. The summed E-state index contributed by atoms with van der Waals surface area (Å²) in [5.74, 6) is 0. The zero-order valence-corrected chi connectivity index (χ0v) is 16.8. The van der Waals surface area contributed by atoms with Gasteiger partial charge in [0.05, 0.1) is 11.9 Å². The van der Waals surface area contributed by atoms with E-state index >= 15 is 0 Å². The first-order valence-corrected chi connectivity index (χ1v) is 9.74. The Hall–Kier alpha value is -2.34. The van der Waals surface area contributed by atoms with Crippen LogP contribution >= 0.6 is 0 Å². The summed E-state index contributed by atoms with van der Waals surface area (Å²) in [4.78, 5) is 15.0. The lowest BCUT2D eigenvalue weighted by molar-refractivity contribution is 0.164. The van der Waals surface area contributed by atoms with Crippen LogP contribution in [0, 0.1) is 5.41 Å². The van der Waals surface area contributed by atoms with Crippen LogP contribution in [-0.2, 0) is 19.5 Å². The highest BCUT2D eigenvalue weighted by atomic mass is 16.2. The predicted molar refractivity (Wildman–Crippen MR) is 109 cm³/mol. The number of hydrogen-bond donors (Lipinski definition) is 2. The molecule has 0 fully saturated rings. The molecule has 0 aliphatic carbocycles. The van der Waals surface area contributed by atoms with E-state index in [1.165, 1.54) is 11.1 Å². The van der Waals surface area contributed by atoms with E-state index in [9.17, 15) is 4.79 Å². The molecule has 0 radical (unpaired) electrons. The van der Waals surface area contributed by atoms with Crippen molar-refractivity contribution in [1.29, 1.82) is 0 Å². The average Bonchev–Trinajstić information content (AvgIpc) is 3.07. The van der Waals surface area contributed by atoms with Crippen LogP contribution in [0.3, 0.4) is 0 Å². The number of rotatable bonds is 5. The second kappa shape index (κ2) is 8.13. The Morgan fingerprint density at radius 1 is 1.26 bits per heavy atom. The van der Waals surface area contributed by atoms with Crippen LogP contribution in [0.15, 0.2) is 36.7 Å². The largest absolute Gasteiger partial charge is 0.333 e. The van der Waals surface area contributed by atoms with E-state index < -0.39 is 0 Å². The van der Waals surface area contributed by atoms with Gasteiger partial charge in [-0.1, -0.05) is 45.0 Å². The standard InChI is InChI=1S/C21H31N5O/c1-5-26-14-18(12-22-26)23-20(27)24-19(21(2,3)4)15-25-11-10-16-8-6-7-9-17(16)13-25/h6-9,12,14,19H,5,10-11,13,15H2,1-4H3,(H2,23,24,27). The molecule has 0 bridgehead atoms. The highest BCUT2D eigenvalue weighted by molar-refractivity contribution is 5.89. The van der Waals surface area contributed by atoms with Crippen molar-refractivity contribution in [1.82, 2.24) is 20.0 Å². The van der Waals surface area contributed by atoms with Gasteiger partial charge in [0.1, 0.15) is 0 Å². The summed E-state index contributed by atoms with van der Waals surface area (Å²) in [5.41, 5.74) is 3.52. The topological polar surface area (TPSA) is 62.2 Å². The first-order chi connectivity index (χ1) is 12.8. The molecule has 1 aromatic heterocycles. The summed E-state index contributed by atoms with van der Waals surface area (Å²) in [6.07, 6.45) is 4.58. The molecule has 0 saturated heterocycles. The number of anilines is 1. The number of aryl methyl sites for hydroxylation is 1. The van der Waals surface area contributed by atoms with Crippen molar-refractivity contribution in [2.75, 3.05) is 18.4 Å². The number of carbonyl (C=O) groups is 1. The minimum Gasteiger partial charge on any atom is -0.333 e. The van der Waals surface area contributed by atoms with Gasteiger partial charge in [-0.15, -0.1) is 0 Å². The molecular formula is C21H31N5O. The number of nitrogens with one attached hydrogen (secondary N) is 2. The molecule has 2 heterocycles. The fourth-order valence-electron chi connectivity index (χ4n) is 3.43. The van der Waals surface area contributed by atoms with Crippen LogP contribution < -0.4 is 10.6 Å². The SMILES string of the molecule is CCn1cc(NC(=O)NC(CN2CCc3ccccc3C2)C(C)(C)C)cn1. The fourth-order valence-corrected chi connectivity index (χ4v) is 3.43. The lowest BCUT2D eigenvalue weighted by atomic mass is 9.86. The monoisotopic (exact) mass is 369 g/mol. The molecule has 0 saturated carbocycles. The fraction of sp³-hybridized carbons (Fsp3) is 0.524. The molecule has 146 valence electrons. The molecule has 27 heavy (non-hydrogen) atoms. The Kier molecular flexibility index (Phi) is 5.85. The summed E-state index contributed by atoms with van der Waals surface area (Å²) < 4.78 is 1.79. The van der Waals surface area contributed by atoms with Gasteiger partial charge in [0.25, 0.3) is 0 Å². The lowest BCUT2D eigenvalue weighted by Gasteiger charge is -2.37. The normalized spacial score (nSPS) is 15.9. The number of urea groups is 1. The van der Waals surface area contributed by atoms with Crippen molar-refractivity contribution in [2.24, 2.45) is 5.41 Å². The molecule has 1 unspecified atom stereocenters. The molecule has 2 amide bonds. The first kappa shape index (κ1) is 19.4. The third kappa shape index (κ3) is 5.10. The van der Waals surface area contributed by atoms with Gasteiger partial charge in [0.15, 0.2) is 0 Å². The Morgan fingerprint density at radius 2 is 2.00 bits per heavy atom. The molecule has 1 aromatic carbocycles. The van der Waals surface area contributed by atoms with Gasteiger partial charge in [-0.25, -0.2) is 4.79 Å². The highest BCUT2D eigenvalue weighted by Gasteiger charge is 2.29. The van der Waals surface area contributed by atoms with E-state index in [4.69, 9.17) is 0 Å². The van der Waals surface area contributed by atoms with Gasteiger partial charge >= 0.3 is 6.03 Å². The van der Waals surface area contributed by atoms with Crippen LogP contribution in [0.25, 0.3) is 0 Å². The molecule has 1 aliphatic heterocycles. The highest BCUT2D eigenvalue weighted by Crippen LogP contribution is 2.24. The molecule has 6 nitrogen and oxygen atoms in total. The number of carbonyl (C=O) groups excluding carboxylic acids is 1. The second-order valence-electron chi connectivity index (χ2n) is 8.36. The molecule has 1 aliphatic rings. The maximum atomic E-state index is 12.5. The molecule has 2 N–H and O–H groups in total. The average molecular weight is 370 g/mol. The van der Waals surface area contributed by atoms with Gasteiger partial charge in [-0.05, 0) is 29.9 Å². The molecule has 3 rings (SSSR count). The molecule has 1 atom stereocenters. The van der Waals surface area contributed by atoms with Crippen molar-refractivity contribution in [2.45, 2.75) is 53.2 Å². The number of hydrogen-bond acceptors (Lipinski definition) is 3. The Balaban J connectivity index is 1.61. The first-order valence-electron chi connectivity index (χ1n) is 9.74. The van der Waals surface area contributed by atoms with Crippen molar-refractivity contribution in [3.05, 3.63) is 47.8 Å². The second-order valence-corrected chi connectivity index (χ2v) is 8.36. The lowest BCUT2D eigenvalue weighted by Crippen LogP contribution is -2.52. The quantitative estimate of drug-likeness (QED) is 0.848. The van der Waals surface area contributed by atoms with Crippen molar-refractivity contribution < 1.29 is 4.79 Å². The number of amides is 2. The van der Waals surface area contributed by atoms with Crippen molar-refractivity contribution in [3.8, 4) is 0 Å².